The van der Waals surface area contributed by atoms with Gasteiger partial charge in [-0.15, -0.1) is 0 Å². The van der Waals surface area contributed by atoms with Crippen LogP contribution in [0.5, 0.6) is 5.88 Å². The van der Waals surface area contributed by atoms with Gasteiger partial charge in [-0.2, -0.15) is 4.98 Å². The molecule has 8 nitrogen and oxygen atoms in total. The van der Waals surface area contributed by atoms with Crippen LogP contribution >= 0.6 is 0 Å². The number of ether oxygens (including phenoxy) is 2. The number of morpholine rings is 1. The second-order valence-corrected chi connectivity index (χ2v) is 8.89. The van der Waals surface area contributed by atoms with Gasteiger partial charge in [0, 0.05) is 25.7 Å². The highest BCUT2D eigenvalue weighted by Crippen LogP contribution is 2.22. The second kappa shape index (κ2) is 9.06. The monoisotopic (exact) mass is 420 g/mol. The molecule has 1 aliphatic rings. The number of benzene rings is 1. The average molecular weight is 421 g/mol. The normalized spacial score (nSPS) is 14.8. The summed E-state index contributed by atoms with van der Waals surface area (Å²) in [6.07, 6.45) is 0. The molecular formula is C20H28N4O4S. The molecule has 0 amide bonds. The predicted molar refractivity (Wildman–Crippen MR) is 111 cm³/mol. The van der Waals surface area contributed by atoms with Crippen molar-refractivity contribution in [3.05, 3.63) is 40.7 Å². The lowest BCUT2D eigenvalue weighted by molar-refractivity contribution is 0.122. The number of nitrogens with one attached hydrogen (secondary N) is 1. The molecule has 29 heavy (non-hydrogen) atoms. The number of rotatable bonds is 7. The summed E-state index contributed by atoms with van der Waals surface area (Å²) in [7, 11) is -3.61. The van der Waals surface area contributed by atoms with Crippen LogP contribution in [0.4, 0.5) is 5.82 Å². The van der Waals surface area contributed by atoms with E-state index in [0.717, 1.165) is 35.6 Å². The Balaban J connectivity index is 1.61. The minimum absolute atomic E-state index is 0.144. The quantitative estimate of drug-likeness (QED) is 0.684. The molecule has 0 radical (unpaired) electrons. The van der Waals surface area contributed by atoms with Gasteiger partial charge in [-0.25, -0.2) is 18.1 Å². The van der Waals surface area contributed by atoms with E-state index in [4.69, 9.17) is 9.47 Å². The summed E-state index contributed by atoms with van der Waals surface area (Å²) >= 11 is 0. The molecule has 2 heterocycles. The Morgan fingerprint density at radius 3 is 2.38 bits per heavy atom. The molecule has 0 atom stereocenters. The molecule has 1 fully saturated rings. The molecule has 9 heteroatoms. The summed E-state index contributed by atoms with van der Waals surface area (Å²) in [6, 6.07) is 5.52. The molecule has 3 rings (SSSR count). The van der Waals surface area contributed by atoms with E-state index in [9.17, 15) is 8.42 Å². The molecule has 0 saturated carbocycles. The maximum absolute atomic E-state index is 12.7. The highest BCUT2D eigenvalue weighted by Gasteiger charge is 2.19. The average Bonchev–Trinajstić information content (AvgIpc) is 2.64. The van der Waals surface area contributed by atoms with Gasteiger partial charge in [-0.3, -0.25) is 0 Å². The highest BCUT2D eigenvalue weighted by molar-refractivity contribution is 7.89. The van der Waals surface area contributed by atoms with Crippen molar-refractivity contribution in [3.63, 3.8) is 0 Å². The molecule has 1 aromatic carbocycles. The van der Waals surface area contributed by atoms with Crippen LogP contribution in [0.15, 0.2) is 23.1 Å². The van der Waals surface area contributed by atoms with Crippen molar-refractivity contribution in [2.24, 2.45) is 0 Å². The van der Waals surface area contributed by atoms with Crippen LogP contribution in [0.1, 0.15) is 22.5 Å². The van der Waals surface area contributed by atoms with E-state index in [-0.39, 0.29) is 13.2 Å². The van der Waals surface area contributed by atoms with Gasteiger partial charge < -0.3 is 14.4 Å². The Bertz CT molecular complexity index is 949. The first-order valence-electron chi connectivity index (χ1n) is 9.65. The lowest BCUT2D eigenvalue weighted by Gasteiger charge is -2.28. The number of nitrogens with zero attached hydrogens (tertiary/aromatic N) is 3. The van der Waals surface area contributed by atoms with E-state index in [1.165, 1.54) is 0 Å². The summed E-state index contributed by atoms with van der Waals surface area (Å²) in [5.74, 6) is 1.83. The second-order valence-electron chi connectivity index (χ2n) is 7.19. The van der Waals surface area contributed by atoms with E-state index in [0.29, 0.717) is 29.8 Å². The highest BCUT2D eigenvalue weighted by atomic mass is 32.2. The first kappa shape index (κ1) is 21.5. The van der Waals surface area contributed by atoms with Crippen LogP contribution in [0.2, 0.25) is 0 Å². The SMILES string of the molecule is Cc1cc(C)c(S(=O)(=O)NCCOc2cc(N3CCOCC3)nc(C)n2)c(C)c1. The molecule has 1 saturated heterocycles. The maximum atomic E-state index is 12.7. The van der Waals surface area contributed by atoms with Crippen LogP contribution in [-0.4, -0.2) is 57.8 Å². The van der Waals surface area contributed by atoms with Crippen molar-refractivity contribution >= 4 is 15.8 Å². The first-order valence-corrected chi connectivity index (χ1v) is 11.1. The van der Waals surface area contributed by atoms with Crippen LogP contribution in [-0.2, 0) is 14.8 Å². The number of hydrogen-bond donors (Lipinski definition) is 1. The van der Waals surface area contributed by atoms with Gasteiger partial charge in [0.1, 0.15) is 18.2 Å². The molecule has 2 aromatic rings. The van der Waals surface area contributed by atoms with Gasteiger partial charge >= 0.3 is 0 Å². The van der Waals surface area contributed by atoms with Gasteiger partial charge in [-0.05, 0) is 38.8 Å². The molecule has 0 bridgehead atoms. The Morgan fingerprint density at radius 1 is 1.07 bits per heavy atom. The number of hydrogen-bond acceptors (Lipinski definition) is 7. The van der Waals surface area contributed by atoms with E-state index in [2.05, 4.69) is 19.6 Å². The number of aryl methyl sites for hydroxylation is 4. The molecule has 1 N–H and O–H groups in total. The fourth-order valence-electron chi connectivity index (χ4n) is 3.55. The molecular weight excluding hydrogens is 392 g/mol. The maximum Gasteiger partial charge on any atom is 0.241 e. The van der Waals surface area contributed by atoms with Gasteiger partial charge in [0.2, 0.25) is 15.9 Å². The fraction of sp³-hybridized carbons (Fsp3) is 0.500. The zero-order valence-corrected chi connectivity index (χ0v) is 18.2. The molecule has 158 valence electrons. The summed E-state index contributed by atoms with van der Waals surface area (Å²) < 4.78 is 39.1. The molecule has 1 aromatic heterocycles. The Morgan fingerprint density at radius 2 is 1.72 bits per heavy atom. The summed E-state index contributed by atoms with van der Waals surface area (Å²) in [6.45, 7) is 10.6. The Hall–Kier alpha value is -2.23. The van der Waals surface area contributed by atoms with Crippen molar-refractivity contribution in [2.45, 2.75) is 32.6 Å². The van der Waals surface area contributed by atoms with Crippen molar-refractivity contribution in [1.29, 1.82) is 0 Å². The zero-order valence-electron chi connectivity index (χ0n) is 17.4. The topological polar surface area (TPSA) is 93.7 Å². The molecule has 1 aliphatic heterocycles. The van der Waals surface area contributed by atoms with Crippen molar-refractivity contribution in [2.75, 3.05) is 44.4 Å². The van der Waals surface area contributed by atoms with Crippen LogP contribution in [0.25, 0.3) is 0 Å². The Kier molecular flexibility index (Phi) is 6.71. The van der Waals surface area contributed by atoms with E-state index in [1.807, 2.05) is 39.8 Å². The van der Waals surface area contributed by atoms with Crippen molar-refractivity contribution < 1.29 is 17.9 Å². The number of anilines is 1. The lowest BCUT2D eigenvalue weighted by Crippen LogP contribution is -2.37. The van der Waals surface area contributed by atoms with Gasteiger partial charge in [-0.1, -0.05) is 17.7 Å². The minimum atomic E-state index is -3.61. The fourth-order valence-corrected chi connectivity index (χ4v) is 5.01. The van der Waals surface area contributed by atoms with Gasteiger partial charge in [0.15, 0.2) is 0 Å². The standard InChI is InChI=1S/C20H28N4O4S/c1-14-11-15(2)20(16(3)12-14)29(25,26)21-5-8-28-19-13-18(22-17(4)23-19)24-6-9-27-10-7-24/h11-13,21H,5-10H2,1-4H3. The predicted octanol–water partition coefficient (Wildman–Crippen LogP) is 1.90. The third kappa shape index (κ3) is 5.43. The smallest absolute Gasteiger partial charge is 0.241 e. The third-order valence-corrected chi connectivity index (χ3v) is 6.42. The van der Waals surface area contributed by atoms with Crippen LogP contribution in [0.3, 0.4) is 0 Å². The lowest BCUT2D eigenvalue weighted by atomic mass is 10.1. The van der Waals surface area contributed by atoms with Crippen molar-refractivity contribution in [3.8, 4) is 5.88 Å². The number of aromatic nitrogens is 2. The number of sulfonamides is 1. The largest absolute Gasteiger partial charge is 0.476 e. The van der Waals surface area contributed by atoms with E-state index >= 15 is 0 Å². The zero-order chi connectivity index (χ0) is 21.0. The summed E-state index contributed by atoms with van der Waals surface area (Å²) in [5, 5.41) is 0. The first-order chi connectivity index (χ1) is 13.8. The third-order valence-electron chi connectivity index (χ3n) is 4.65. The van der Waals surface area contributed by atoms with Crippen molar-refractivity contribution in [1.82, 2.24) is 14.7 Å². The summed E-state index contributed by atoms with van der Waals surface area (Å²) in [5.41, 5.74) is 2.51. The Labute approximate surface area is 172 Å². The molecule has 0 unspecified atom stereocenters. The molecule has 0 aliphatic carbocycles. The minimum Gasteiger partial charge on any atom is -0.476 e. The van der Waals surface area contributed by atoms with E-state index < -0.39 is 10.0 Å². The van der Waals surface area contributed by atoms with E-state index in [1.54, 1.807) is 6.07 Å². The molecule has 0 spiro atoms. The van der Waals surface area contributed by atoms with Crippen LogP contribution in [0, 0.1) is 27.7 Å². The summed E-state index contributed by atoms with van der Waals surface area (Å²) in [4.78, 5) is 11.2. The van der Waals surface area contributed by atoms with Gasteiger partial charge in [0.25, 0.3) is 0 Å². The van der Waals surface area contributed by atoms with Crippen LogP contribution < -0.4 is 14.4 Å². The van der Waals surface area contributed by atoms with Gasteiger partial charge in [0.05, 0.1) is 18.1 Å².